The Kier molecular flexibility index (Phi) is 4.78. The van der Waals surface area contributed by atoms with Gasteiger partial charge in [-0.25, -0.2) is 9.36 Å². The molecule has 3 heterocycles. The Morgan fingerprint density at radius 1 is 1.06 bits per heavy atom. The minimum absolute atomic E-state index is 0.178. The van der Waals surface area contributed by atoms with Crippen LogP contribution in [0.15, 0.2) is 52.1 Å². The number of likely N-dealkylation sites (N-methyl/N-ethyl adjacent to an activating group) is 1. The highest BCUT2D eigenvalue weighted by atomic mass is 16.3. The molecule has 0 saturated carbocycles. The van der Waals surface area contributed by atoms with Gasteiger partial charge >= 0.3 is 5.69 Å². The molecule has 4 aromatic rings. The van der Waals surface area contributed by atoms with Gasteiger partial charge in [-0.05, 0) is 61.7 Å². The molecule has 32 heavy (non-hydrogen) atoms. The SMILES string of the molecule is CCN1CCc2c([nH]c3ccccc23)C1c1c(O)n(-c2ccc(C)c(C)c2)c(=O)[nH]c1=O. The predicted octanol–water partition coefficient (Wildman–Crippen LogP) is 3.30. The van der Waals surface area contributed by atoms with Crippen molar-refractivity contribution in [1.29, 1.82) is 0 Å². The van der Waals surface area contributed by atoms with Crippen molar-refractivity contribution in [3.05, 3.63) is 91.3 Å². The average Bonchev–Trinajstić information content (AvgIpc) is 3.15. The Morgan fingerprint density at radius 3 is 2.59 bits per heavy atom. The number of benzene rings is 2. The standard InChI is InChI=1S/C25H26N4O3/c1-4-28-12-11-18-17-7-5-6-8-19(17)26-21(18)22(28)20-23(30)27-25(32)29(24(20)31)16-10-9-14(2)15(3)13-16/h5-10,13,22,26,31H,4,11-12H2,1-3H3,(H,27,30,32). The van der Waals surface area contributed by atoms with Crippen LogP contribution in [0.2, 0.25) is 0 Å². The first-order chi connectivity index (χ1) is 15.4. The molecule has 1 aliphatic heterocycles. The van der Waals surface area contributed by atoms with Gasteiger partial charge in [-0.15, -0.1) is 0 Å². The molecule has 0 fully saturated rings. The number of hydrogen-bond acceptors (Lipinski definition) is 4. The second-order valence-corrected chi connectivity index (χ2v) is 8.44. The minimum Gasteiger partial charge on any atom is -0.494 e. The Morgan fingerprint density at radius 2 is 1.84 bits per heavy atom. The van der Waals surface area contributed by atoms with E-state index in [2.05, 4.69) is 20.9 Å². The van der Waals surface area contributed by atoms with Crippen LogP contribution in [0, 0.1) is 13.8 Å². The molecule has 0 spiro atoms. The van der Waals surface area contributed by atoms with Crippen molar-refractivity contribution in [3.63, 3.8) is 0 Å². The van der Waals surface area contributed by atoms with Gasteiger partial charge in [0.25, 0.3) is 5.56 Å². The van der Waals surface area contributed by atoms with Crippen LogP contribution >= 0.6 is 0 Å². The Hall–Kier alpha value is -3.58. The fourth-order valence-corrected chi connectivity index (χ4v) is 4.85. The zero-order valence-corrected chi connectivity index (χ0v) is 18.4. The number of nitrogens with zero attached hydrogens (tertiary/aromatic N) is 2. The number of aromatic hydroxyl groups is 1. The zero-order valence-electron chi connectivity index (χ0n) is 18.4. The number of aromatic amines is 2. The summed E-state index contributed by atoms with van der Waals surface area (Å²) in [6.07, 6.45) is 0.846. The number of aromatic nitrogens is 3. The lowest BCUT2D eigenvalue weighted by atomic mass is 9.93. The van der Waals surface area contributed by atoms with E-state index in [0.29, 0.717) is 12.2 Å². The molecule has 1 aliphatic rings. The normalized spacial score (nSPS) is 16.4. The summed E-state index contributed by atoms with van der Waals surface area (Å²) in [5.74, 6) is -0.322. The molecule has 2 aromatic carbocycles. The third kappa shape index (κ3) is 3.00. The van der Waals surface area contributed by atoms with Gasteiger partial charge in [0.05, 0.1) is 11.7 Å². The van der Waals surface area contributed by atoms with E-state index in [1.165, 1.54) is 4.57 Å². The molecule has 164 valence electrons. The molecule has 2 aromatic heterocycles. The zero-order chi connectivity index (χ0) is 22.6. The van der Waals surface area contributed by atoms with E-state index in [1.807, 2.05) is 51.1 Å². The van der Waals surface area contributed by atoms with Crippen molar-refractivity contribution >= 4 is 10.9 Å². The van der Waals surface area contributed by atoms with E-state index >= 15 is 0 Å². The van der Waals surface area contributed by atoms with Crippen LogP contribution in [0.4, 0.5) is 0 Å². The molecule has 7 heteroatoms. The highest BCUT2D eigenvalue weighted by Gasteiger charge is 2.35. The predicted molar refractivity (Wildman–Crippen MR) is 125 cm³/mol. The first-order valence-corrected chi connectivity index (χ1v) is 10.9. The first kappa shape index (κ1) is 20.3. The smallest absolute Gasteiger partial charge is 0.335 e. The minimum atomic E-state index is -0.657. The van der Waals surface area contributed by atoms with E-state index < -0.39 is 17.3 Å². The highest BCUT2D eigenvalue weighted by molar-refractivity contribution is 5.85. The van der Waals surface area contributed by atoms with Gasteiger partial charge in [-0.2, -0.15) is 0 Å². The van der Waals surface area contributed by atoms with Gasteiger partial charge in [0.15, 0.2) is 0 Å². The maximum atomic E-state index is 13.1. The summed E-state index contributed by atoms with van der Waals surface area (Å²) in [6.45, 7) is 7.41. The molecular weight excluding hydrogens is 404 g/mol. The van der Waals surface area contributed by atoms with Gasteiger partial charge < -0.3 is 10.1 Å². The van der Waals surface area contributed by atoms with E-state index in [9.17, 15) is 14.7 Å². The molecule has 0 amide bonds. The van der Waals surface area contributed by atoms with E-state index in [0.717, 1.165) is 46.3 Å². The lowest BCUT2D eigenvalue weighted by molar-refractivity contribution is 0.215. The molecule has 0 aliphatic carbocycles. The van der Waals surface area contributed by atoms with Crippen molar-refractivity contribution < 1.29 is 5.11 Å². The van der Waals surface area contributed by atoms with Gasteiger partial charge in [0, 0.05) is 23.1 Å². The van der Waals surface area contributed by atoms with Crippen molar-refractivity contribution in [2.24, 2.45) is 0 Å². The molecular formula is C25H26N4O3. The van der Waals surface area contributed by atoms with Gasteiger partial charge in [0.1, 0.15) is 5.56 Å². The summed E-state index contributed by atoms with van der Waals surface area (Å²) < 4.78 is 1.19. The van der Waals surface area contributed by atoms with E-state index in [4.69, 9.17) is 0 Å². The summed E-state index contributed by atoms with van der Waals surface area (Å²) in [5.41, 5.74) is 4.59. The van der Waals surface area contributed by atoms with Crippen LogP contribution < -0.4 is 11.2 Å². The fraction of sp³-hybridized carbons (Fsp3) is 0.280. The maximum absolute atomic E-state index is 13.1. The summed E-state index contributed by atoms with van der Waals surface area (Å²) in [4.78, 5) is 33.9. The number of aryl methyl sites for hydroxylation is 2. The molecule has 0 bridgehead atoms. The maximum Gasteiger partial charge on any atom is 0.335 e. The van der Waals surface area contributed by atoms with Gasteiger partial charge in [0.2, 0.25) is 5.88 Å². The number of rotatable bonds is 3. The monoisotopic (exact) mass is 430 g/mol. The van der Waals surface area contributed by atoms with Gasteiger partial charge in [-0.3, -0.25) is 14.7 Å². The van der Waals surface area contributed by atoms with E-state index in [1.54, 1.807) is 6.07 Å². The fourth-order valence-electron chi connectivity index (χ4n) is 4.85. The molecule has 7 nitrogen and oxygen atoms in total. The topological polar surface area (TPSA) is 94.1 Å². The second kappa shape index (κ2) is 7.53. The van der Waals surface area contributed by atoms with Gasteiger partial charge in [-0.1, -0.05) is 31.2 Å². The van der Waals surface area contributed by atoms with Crippen LogP contribution in [-0.4, -0.2) is 37.6 Å². The van der Waals surface area contributed by atoms with E-state index in [-0.39, 0.29) is 11.4 Å². The Balaban J connectivity index is 1.78. The van der Waals surface area contributed by atoms with Crippen LogP contribution in [0.25, 0.3) is 16.6 Å². The summed E-state index contributed by atoms with van der Waals surface area (Å²) in [6, 6.07) is 13.1. The lowest BCUT2D eigenvalue weighted by Crippen LogP contribution is -2.41. The Bertz CT molecular complexity index is 1460. The lowest BCUT2D eigenvalue weighted by Gasteiger charge is -2.35. The van der Waals surface area contributed by atoms with Crippen LogP contribution in [0.1, 0.15) is 40.9 Å². The molecule has 1 unspecified atom stereocenters. The average molecular weight is 431 g/mol. The third-order valence-corrected chi connectivity index (χ3v) is 6.68. The molecule has 0 saturated heterocycles. The number of H-pyrrole nitrogens is 2. The largest absolute Gasteiger partial charge is 0.494 e. The molecule has 0 radical (unpaired) electrons. The number of nitrogens with one attached hydrogen (secondary N) is 2. The van der Waals surface area contributed by atoms with Crippen molar-refractivity contribution in [2.45, 2.75) is 33.2 Å². The van der Waals surface area contributed by atoms with Crippen molar-refractivity contribution in [1.82, 2.24) is 19.4 Å². The van der Waals surface area contributed by atoms with Crippen molar-refractivity contribution in [2.75, 3.05) is 13.1 Å². The first-order valence-electron chi connectivity index (χ1n) is 10.9. The van der Waals surface area contributed by atoms with Crippen LogP contribution in [0.3, 0.4) is 0 Å². The summed E-state index contributed by atoms with van der Waals surface area (Å²) >= 11 is 0. The number of fused-ring (bicyclic) bond motifs is 3. The molecule has 1 atom stereocenters. The second-order valence-electron chi connectivity index (χ2n) is 8.44. The van der Waals surface area contributed by atoms with Crippen LogP contribution in [0.5, 0.6) is 5.88 Å². The number of para-hydroxylation sites is 1. The summed E-state index contributed by atoms with van der Waals surface area (Å²) in [5, 5.41) is 12.5. The highest BCUT2D eigenvalue weighted by Crippen LogP contribution is 2.39. The quantitative estimate of drug-likeness (QED) is 0.465. The summed E-state index contributed by atoms with van der Waals surface area (Å²) in [7, 11) is 0. The Labute approximate surface area is 185 Å². The van der Waals surface area contributed by atoms with Crippen molar-refractivity contribution in [3.8, 4) is 11.6 Å². The molecule has 3 N–H and O–H groups in total. The third-order valence-electron chi connectivity index (χ3n) is 6.68. The van der Waals surface area contributed by atoms with Crippen LogP contribution in [-0.2, 0) is 6.42 Å². The number of hydrogen-bond donors (Lipinski definition) is 3. The molecule has 5 rings (SSSR count).